The Morgan fingerprint density at radius 2 is 1.85 bits per heavy atom. The van der Waals surface area contributed by atoms with Gasteiger partial charge in [-0.25, -0.2) is 4.39 Å². The predicted molar refractivity (Wildman–Crippen MR) is 76.3 cm³/mol. The first kappa shape index (κ1) is 14.0. The van der Waals surface area contributed by atoms with Crippen molar-refractivity contribution in [2.24, 2.45) is 0 Å². The summed E-state index contributed by atoms with van der Waals surface area (Å²) in [6.07, 6.45) is 0. The standard InChI is InChI=1S/C15H15FN2O2/c1-10-4-3-5-11(2)13(10)9-17-15-7-6-12(18(19)20)8-14(15)16/h3-8,17H,9H2,1-2H3. The second kappa shape index (κ2) is 5.69. The summed E-state index contributed by atoms with van der Waals surface area (Å²) in [6, 6.07) is 9.57. The van der Waals surface area contributed by atoms with E-state index in [2.05, 4.69) is 5.32 Å². The molecule has 0 bridgehead atoms. The van der Waals surface area contributed by atoms with E-state index in [0.29, 0.717) is 6.54 Å². The molecule has 0 radical (unpaired) electrons. The molecule has 1 N–H and O–H groups in total. The summed E-state index contributed by atoms with van der Waals surface area (Å²) < 4.78 is 13.7. The van der Waals surface area contributed by atoms with Crippen molar-refractivity contribution in [2.75, 3.05) is 5.32 Å². The van der Waals surface area contributed by atoms with E-state index in [1.54, 1.807) is 0 Å². The number of benzene rings is 2. The van der Waals surface area contributed by atoms with Gasteiger partial charge in [0, 0.05) is 12.6 Å². The van der Waals surface area contributed by atoms with Gasteiger partial charge >= 0.3 is 0 Å². The van der Waals surface area contributed by atoms with E-state index >= 15 is 0 Å². The number of anilines is 1. The number of halogens is 1. The van der Waals surface area contributed by atoms with Crippen LogP contribution in [0.5, 0.6) is 0 Å². The van der Waals surface area contributed by atoms with Crippen molar-refractivity contribution in [1.82, 2.24) is 0 Å². The van der Waals surface area contributed by atoms with Crippen LogP contribution in [-0.2, 0) is 6.54 Å². The molecule has 0 aromatic heterocycles. The highest BCUT2D eigenvalue weighted by molar-refractivity contribution is 5.51. The maximum absolute atomic E-state index is 13.7. The largest absolute Gasteiger partial charge is 0.379 e. The van der Waals surface area contributed by atoms with E-state index in [4.69, 9.17) is 0 Å². The number of hydrogen-bond donors (Lipinski definition) is 1. The number of nitro groups is 1. The zero-order chi connectivity index (χ0) is 14.7. The molecule has 20 heavy (non-hydrogen) atoms. The van der Waals surface area contributed by atoms with Crippen LogP contribution in [-0.4, -0.2) is 4.92 Å². The van der Waals surface area contributed by atoms with E-state index in [-0.39, 0.29) is 11.4 Å². The van der Waals surface area contributed by atoms with Crippen molar-refractivity contribution in [3.05, 3.63) is 69.0 Å². The molecule has 0 aliphatic carbocycles. The summed E-state index contributed by atoms with van der Waals surface area (Å²) in [4.78, 5) is 9.94. The lowest BCUT2D eigenvalue weighted by atomic mass is 10.0. The number of non-ortho nitro benzene ring substituents is 1. The molecule has 0 fully saturated rings. The fourth-order valence-electron chi connectivity index (χ4n) is 2.07. The highest BCUT2D eigenvalue weighted by Crippen LogP contribution is 2.22. The van der Waals surface area contributed by atoms with Crippen molar-refractivity contribution in [2.45, 2.75) is 20.4 Å². The quantitative estimate of drug-likeness (QED) is 0.678. The predicted octanol–water partition coefficient (Wildman–Crippen LogP) is 3.96. The third-order valence-corrected chi connectivity index (χ3v) is 3.26. The molecule has 2 aromatic rings. The lowest BCUT2D eigenvalue weighted by molar-refractivity contribution is -0.385. The van der Waals surface area contributed by atoms with Crippen LogP contribution >= 0.6 is 0 Å². The van der Waals surface area contributed by atoms with Gasteiger partial charge in [0.25, 0.3) is 5.69 Å². The number of rotatable bonds is 4. The minimum absolute atomic E-state index is 0.250. The van der Waals surface area contributed by atoms with E-state index in [1.165, 1.54) is 12.1 Å². The van der Waals surface area contributed by atoms with Crippen LogP contribution in [0.15, 0.2) is 36.4 Å². The van der Waals surface area contributed by atoms with Gasteiger partial charge < -0.3 is 5.32 Å². The van der Waals surface area contributed by atoms with Gasteiger partial charge in [-0.1, -0.05) is 18.2 Å². The Morgan fingerprint density at radius 1 is 1.20 bits per heavy atom. The van der Waals surface area contributed by atoms with Gasteiger partial charge in [-0.05, 0) is 36.6 Å². The number of nitrogens with one attached hydrogen (secondary N) is 1. The summed E-state index contributed by atoms with van der Waals surface area (Å²) in [7, 11) is 0. The Kier molecular flexibility index (Phi) is 3.98. The van der Waals surface area contributed by atoms with Crippen molar-refractivity contribution < 1.29 is 9.31 Å². The molecule has 2 rings (SSSR count). The molecule has 0 aliphatic heterocycles. The average molecular weight is 274 g/mol. The molecule has 0 aliphatic rings. The lowest BCUT2D eigenvalue weighted by Crippen LogP contribution is -2.05. The van der Waals surface area contributed by atoms with Gasteiger partial charge in [0.2, 0.25) is 0 Å². The molecule has 0 atom stereocenters. The van der Waals surface area contributed by atoms with Gasteiger partial charge in [-0.15, -0.1) is 0 Å². The van der Waals surface area contributed by atoms with Crippen LogP contribution in [0.1, 0.15) is 16.7 Å². The Labute approximate surface area is 116 Å². The minimum Gasteiger partial charge on any atom is -0.379 e. The molecule has 2 aromatic carbocycles. The number of nitrogens with zero attached hydrogens (tertiary/aromatic N) is 1. The Hall–Kier alpha value is -2.43. The number of hydrogen-bond acceptors (Lipinski definition) is 3. The number of nitro benzene ring substituents is 1. The van der Waals surface area contributed by atoms with Crippen LogP contribution in [0.2, 0.25) is 0 Å². The average Bonchev–Trinajstić information content (AvgIpc) is 2.39. The molecule has 104 valence electrons. The topological polar surface area (TPSA) is 55.2 Å². The summed E-state index contributed by atoms with van der Waals surface area (Å²) in [5, 5.41) is 13.5. The van der Waals surface area contributed by atoms with Crippen LogP contribution < -0.4 is 5.32 Å². The molecule has 0 unspecified atom stereocenters. The summed E-state index contributed by atoms with van der Waals surface area (Å²) >= 11 is 0. The van der Waals surface area contributed by atoms with Gasteiger partial charge in [-0.2, -0.15) is 0 Å². The maximum atomic E-state index is 13.7. The van der Waals surface area contributed by atoms with Crippen molar-refractivity contribution in [1.29, 1.82) is 0 Å². The normalized spacial score (nSPS) is 10.3. The third kappa shape index (κ3) is 2.93. The first-order valence-electron chi connectivity index (χ1n) is 6.22. The maximum Gasteiger partial charge on any atom is 0.272 e. The van der Waals surface area contributed by atoms with Crippen LogP contribution in [0, 0.1) is 29.8 Å². The SMILES string of the molecule is Cc1cccc(C)c1CNc1ccc([N+](=O)[O-])cc1F. The van der Waals surface area contributed by atoms with E-state index in [1.807, 2.05) is 32.0 Å². The molecule has 0 saturated carbocycles. The lowest BCUT2D eigenvalue weighted by Gasteiger charge is -2.12. The fourth-order valence-corrected chi connectivity index (χ4v) is 2.07. The number of aryl methyl sites for hydroxylation is 2. The summed E-state index contributed by atoms with van der Waals surface area (Å²) in [5.41, 5.74) is 3.36. The van der Waals surface area contributed by atoms with Crippen LogP contribution in [0.3, 0.4) is 0 Å². The first-order chi connectivity index (χ1) is 9.49. The van der Waals surface area contributed by atoms with E-state index < -0.39 is 10.7 Å². The second-order valence-corrected chi connectivity index (χ2v) is 4.65. The third-order valence-electron chi connectivity index (χ3n) is 3.26. The molecular formula is C15H15FN2O2. The highest BCUT2D eigenvalue weighted by Gasteiger charge is 2.11. The van der Waals surface area contributed by atoms with Crippen molar-refractivity contribution in [3.63, 3.8) is 0 Å². The summed E-state index contributed by atoms with van der Waals surface area (Å²) in [5.74, 6) is -0.620. The monoisotopic (exact) mass is 274 g/mol. The first-order valence-corrected chi connectivity index (χ1v) is 6.22. The zero-order valence-electron chi connectivity index (χ0n) is 11.3. The van der Waals surface area contributed by atoms with Crippen LogP contribution in [0.25, 0.3) is 0 Å². The molecular weight excluding hydrogens is 259 g/mol. The van der Waals surface area contributed by atoms with Gasteiger partial charge in [0.1, 0.15) is 0 Å². The van der Waals surface area contributed by atoms with Gasteiger partial charge in [0.15, 0.2) is 5.82 Å². The Bertz CT molecular complexity index is 636. The van der Waals surface area contributed by atoms with Gasteiger partial charge in [-0.3, -0.25) is 10.1 Å². The second-order valence-electron chi connectivity index (χ2n) is 4.65. The Balaban J connectivity index is 2.17. The smallest absolute Gasteiger partial charge is 0.272 e. The molecule has 0 amide bonds. The molecule has 0 heterocycles. The van der Waals surface area contributed by atoms with E-state index in [9.17, 15) is 14.5 Å². The van der Waals surface area contributed by atoms with Gasteiger partial charge in [0.05, 0.1) is 16.7 Å². The van der Waals surface area contributed by atoms with Crippen molar-refractivity contribution >= 4 is 11.4 Å². The van der Waals surface area contributed by atoms with E-state index in [0.717, 1.165) is 22.8 Å². The van der Waals surface area contributed by atoms with Crippen molar-refractivity contribution in [3.8, 4) is 0 Å². The Morgan fingerprint density at radius 3 is 2.40 bits per heavy atom. The molecule has 0 spiro atoms. The zero-order valence-corrected chi connectivity index (χ0v) is 11.3. The molecule has 0 saturated heterocycles. The fraction of sp³-hybridized carbons (Fsp3) is 0.200. The summed E-state index contributed by atoms with van der Waals surface area (Å²) in [6.45, 7) is 4.47. The minimum atomic E-state index is -0.620. The van der Waals surface area contributed by atoms with Crippen LogP contribution in [0.4, 0.5) is 15.8 Å². The molecule has 4 nitrogen and oxygen atoms in total. The molecule has 5 heteroatoms. The highest BCUT2D eigenvalue weighted by atomic mass is 19.1.